The number of nitrogen functional groups attached to an aromatic ring is 1. The Balaban J connectivity index is 1.89. The number of carbonyl (C=O) groups is 2. The number of anilines is 1. The van der Waals surface area contributed by atoms with Crippen LogP contribution >= 0.6 is 0 Å². The first kappa shape index (κ1) is 20.3. The van der Waals surface area contributed by atoms with Crippen LogP contribution < -0.4 is 5.73 Å². The predicted molar refractivity (Wildman–Crippen MR) is 103 cm³/mol. The fraction of sp³-hybridized carbons (Fsp3) is 0.333. The molecule has 150 valence electrons. The van der Waals surface area contributed by atoms with E-state index in [0.717, 1.165) is 6.42 Å². The van der Waals surface area contributed by atoms with Gasteiger partial charge >= 0.3 is 5.97 Å². The number of hydrogen-bond donors (Lipinski definition) is 1. The number of carbonyl (C=O) groups excluding carboxylic acids is 2. The second-order valence-corrected chi connectivity index (χ2v) is 6.72. The van der Waals surface area contributed by atoms with Crippen LogP contribution in [0, 0.1) is 17.1 Å². The highest BCUT2D eigenvalue weighted by Gasteiger charge is 2.32. The smallest absolute Gasteiger partial charge is 0.356 e. The number of nitrogens with two attached hydrogens (primary N) is 1. The van der Waals surface area contributed by atoms with Gasteiger partial charge in [0, 0.05) is 12.1 Å². The van der Waals surface area contributed by atoms with Gasteiger partial charge in [0.05, 0.1) is 42.6 Å². The SMILES string of the molecule is CCOC(=O)c1cc(C(=O)N2CCC[C@@H]2c2ccc(CC#N)c(F)c2)c(N)cn1. The first-order chi connectivity index (χ1) is 14.0. The van der Waals surface area contributed by atoms with E-state index in [-0.39, 0.29) is 41.9 Å². The first-order valence-electron chi connectivity index (χ1n) is 9.35. The molecule has 7 nitrogen and oxygen atoms in total. The van der Waals surface area contributed by atoms with Gasteiger partial charge in [-0.05, 0) is 37.5 Å². The molecule has 1 fully saturated rings. The van der Waals surface area contributed by atoms with Crippen molar-refractivity contribution >= 4 is 17.6 Å². The highest BCUT2D eigenvalue weighted by Crippen LogP contribution is 2.34. The van der Waals surface area contributed by atoms with Crippen molar-refractivity contribution in [1.82, 2.24) is 9.88 Å². The molecule has 0 saturated carbocycles. The Bertz CT molecular complexity index is 986. The van der Waals surface area contributed by atoms with Crippen molar-refractivity contribution < 1.29 is 18.7 Å². The molecule has 1 atom stereocenters. The maximum atomic E-state index is 14.3. The molecule has 0 spiro atoms. The van der Waals surface area contributed by atoms with E-state index in [4.69, 9.17) is 15.7 Å². The Morgan fingerprint density at radius 1 is 1.41 bits per heavy atom. The average Bonchev–Trinajstić information content (AvgIpc) is 3.19. The second kappa shape index (κ2) is 8.69. The minimum absolute atomic E-state index is 0.00653. The number of rotatable bonds is 5. The van der Waals surface area contributed by atoms with Crippen molar-refractivity contribution in [3.8, 4) is 6.07 Å². The molecule has 2 heterocycles. The van der Waals surface area contributed by atoms with Crippen molar-refractivity contribution in [3.63, 3.8) is 0 Å². The number of hydrogen-bond acceptors (Lipinski definition) is 6. The zero-order valence-electron chi connectivity index (χ0n) is 16.0. The molecule has 3 rings (SSSR count). The van der Waals surface area contributed by atoms with Crippen LogP contribution in [0.2, 0.25) is 0 Å². The molecule has 1 aromatic heterocycles. The highest BCUT2D eigenvalue weighted by molar-refractivity contribution is 6.01. The average molecular weight is 396 g/mol. The van der Waals surface area contributed by atoms with E-state index in [1.54, 1.807) is 24.0 Å². The number of halogens is 1. The molecule has 0 unspecified atom stereocenters. The number of likely N-dealkylation sites (tertiary alicyclic amines) is 1. The molecule has 0 radical (unpaired) electrons. The number of esters is 1. The number of nitrogens with zero attached hydrogens (tertiary/aromatic N) is 3. The van der Waals surface area contributed by atoms with E-state index in [1.165, 1.54) is 18.3 Å². The second-order valence-electron chi connectivity index (χ2n) is 6.72. The maximum Gasteiger partial charge on any atom is 0.356 e. The Labute approximate surface area is 167 Å². The molecule has 2 aromatic rings. The van der Waals surface area contributed by atoms with Gasteiger partial charge in [-0.1, -0.05) is 12.1 Å². The van der Waals surface area contributed by atoms with Crippen molar-refractivity contribution in [2.24, 2.45) is 0 Å². The van der Waals surface area contributed by atoms with Gasteiger partial charge in [0.25, 0.3) is 5.91 Å². The number of amides is 1. The first-order valence-corrected chi connectivity index (χ1v) is 9.35. The van der Waals surface area contributed by atoms with Gasteiger partial charge in [0.1, 0.15) is 11.5 Å². The number of nitriles is 1. The van der Waals surface area contributed by atoms with E-state index < -0.39 is 11.8 Å². The summed E-state index contributed by atoms with van der Waals surface area (Å²) in [5, 5.41) is 8.77. The summed E-state index contributed by atoms with van der Waals surface area (Å²) in [5.74, 6) is -1.44. The highest BCUT2D eigenvalue weighted by atomic mass is 19.1. The molecule has 8 heteroatoms. The lowest BCUT2D eigenvalue weighted by Gasteiger charge is -2.26. The van der Waals surface area contributed by atoms with Gasteiger partial charge < -0.3 is 15.4 Å². The van der Waals surface area contributed by atoms with E-state index in [2.05, 4.69) is 4.98 Å². The Kier molecular flexibility index (Phi) is 6.07. The third kappa shape index (κ3) is 4.19. The summed E-state index contributed by atoms with van der Waals surface area (Å²) in [4.78, 5) is 30.7. The number of benzene rings is 1. The summed E-state index contributed by atoms with van der Waals surface area (Å²) in [7, 11) is 0. The predicted octanol–water partition coefficient (Wildman–Crippen LogP) is 3.02. The molecule has 1 aliphatic heterocycles. The minimum Gasteiger partial charge on any atom is -0.461 e. The fourth-order valence-corrected chi connectivity index (χ4v) is 3.48. The van der Waals surface area contributed by atoms with Crippen LogP contribution in [-0.4, -0.2) is 34.9 Å². The number of pyridine rings is 1. The summed E-state index contributed by atoms with van der Waals surface area (Å²) in [5.41, 5.74) is 7.25. The standard InChI is InChI=1S/C21H21FN4O3/c1-2-29-21(28)18-11-15(17(24)12-25-18)20(27)26-9-3-4-19(26)14-6-5-13(7-8-23)16(22)10-14/h5-6,10-12,19H,2-4,7,9,24H2,1H3/t19-/m1/s1. The van der Waals surface area contributed by atoms with E-state index in [9.17, 15) is 14.0 Å². The topological polar surface area (TPSA) is 109 Å². The lowest BCUT2D eigenvalue weighted by molar-refractivity contribution is 0.0519. The molecule has 2 N–H and O–H groups in total. The molecule has 1 saturated heterocycles. The van der Waals surface area contributed by atoms with Gasteiger partial charge in [0.2, 0.25) is 0 Å². The van der Waals surface area contributed by atoms with Crippen LogP contribution in [0.1, 0.15) is 57.8 Å². The van der Waals surface area contributed by atoms with Crippen LogP contribution in [0.5, 0.6) is 0 Å². The Morgan fingerprint density at radius 3 is 2.90 bits per heavy atom. The molecule has 1 amide bonds. The summed E-state index contributed by atoms with van der Waals surface area (Å²) < 4.78 is 19.2. The van der Waals surface area contributed by atoms with Crippen LogP contribution in [0.25, 0.3) is 0 Å². The Morgan fingerprint density at radius 2 is 2.21 bits per heavy atom. The van der Waals surface area contributed by atoms with Crippen molar-refractivity contribution in [2.75, 3.05) is 18.9 Å². The fourth-order valence-electron chi connectivity index (χ4n) is 3.48. The summed E-state index contributed by atoms with van der Waals surface area (Å²) in [6, 6.07) is 7.65. The van der Waals surface area contributed by atoms with Gasteiger partial charge in [-0.3, -0.25) is 4.79 Å². The van der Waals surface area contributed by atoms with Crippen LogP contribution in [-0.2, 0) is 11.2 Å². The molecular weight excluding hydrogens is 375 g/mol. The van der Waals surface area contributed by atoms with Crippen LogP contribution in [0.3, 0.4) is 0 Å². The van der Waals surface area contributed by atoms with Crippen molar-refractivity contribution in [1.29, 1.82) is 5.26 Å². The summed E-state index contributed by atoms with van der Waals surface area (Å²) >= 11 is 0. The zero-order valence-corrected chi connectivity index (χ0v) is 16.0. The van der Waals surface area contributed by atoms with E-state index >= 15 is 0 Å². The van der Waals surface area contributed by atoms with Crippen LogP contribution in [0.15, 0.2) is 30.5 Å². The molecule has 0 bridgehead atoms. The molecule has 1 aromatic carbocycles. The third-order valence-corrected chi connectivity index (χ3v) is 4.89. The molecule has 0 aliphatic carbocycles. The lowest BCUT2D eigenvalue weighted by atomic mass is 10.0. The normalized spacial score (nSPS) is 15.8. The van der Waals surface area contributed by atoms with Gasteiger partial charge in [0.15, 0.2) is 0 Å². The third-order valence-electron chi connectivity index (χ3n) is 4.89. The minimum atomic E-state index is -0.630. The largest absolute Gasteiger partial charge is 0.461 e. The maximum absolute atomic E-state index is 14.3. The van der Waals surface area contributed by atoms with E-state index in [1.807, 2.05) is 6.07 Å². The van der Waals surface area contributed by atoms with Gasteiger partial charge in [-0.2, -0.15) is 5.26 Å². The molecule has 29 heavy (non-hydrogen) atoms. The zero-order chi connectivity index (χ0) is 21.0. The van der Waals surface area contributed by atoms with Gasteiger partial charge in [-0.15, -0.1) is 0 Å². The van der Waals surface area contributed by atoms with E-state index in [0.29, 0.717) is 24.1 Å². The molecule has 1 aliphatic rings. The monoisotopic (exact) mass is 396 g/mol. The van der Waals surface area contributed by atoms with Crippen molar-refractivity contribution in [2.45, 2.75) is 32.2 Å². The number of aromatic nitrogens is 1. The molecular formula is C21H21FN4O3. The summed E-state index contributed by atoms with van der Waals surface area (Å²) in [6.07, 6.45) is 2.69. The number of ether oxygens (including phenoxy) is 1. The Hall–Kier alpha value is -3.47. The van der Waals surface area contributed by atoms with Gasteiger partial charge in [-0.25, -0.2) is 14.2 Å². The van der Waals surface area contributed by atoms with Crippen molar-refractivity contribution in [3.05, 3.63) is 58.7 Å². The summed E-state index contributed by atoms with van der Waals surface area (Å²) in [6.45, 7) is 2.36. The quantitative estimate of drug-likeness (QED) is 0.778. The van der Waals surface area contributed by atoms with Crippen LogP contribution in [0.4, 0.5) is 10.1 Å². The lowest BCUT2D eigenvalue weighted by Crippen LogP contribution is -2.31.